The van der Waals surface area contributed by atoms with Gasteiger partial charge in [-0.15, -0.1) is 0 Å². The highest BCUT2D eigenvalue weighted by molar-refractivity contribution is 7.92. The zero-order valence-electron chi connectivity index (χ0n) is 13.9. The number of anilines is 2. The molecule has 2 aromatic rings. The van der Waals surface area contributed by atoms with E-state index in [1.807, 2.05) is 6.07 Å². The third-order valence-corrected chi connectivity index (χ3v) is 5.88. The Hall–Kier alpha value is -2.38. The zero-order chi connectivity index (χ0) is 17.9. The van der Waals surface area contributed by atoms with Gasteiger partial charge in [-0.3, -0.25) is 9.10 Å². The van der Waals surface area contributed by atoms with Crippen molar-refractivity contribution in [3.05, 3.63) is 54.1 Å². The fraction of sp³-hybridized carbons (Fsp3) is 0.278. The van der Waals surface area contributed by atoms with Crippen LogP contribution < -0.4 is 9.62 Å². The maximum Gasteiger partial charge on any atom is 0.264 e. The van der Waals surface area contributed by atoms with Crippen LogP contribution in [0.5, 0.6) is 0 Å². The molecule has 0 atom stereocenters. The van der Waals surface area contributed by atoms with Crippen LogP contribution in [0.4, 0.5) is 11.4 Å². The van der Waals surface area contributed by atoms with Crippen LogP contribution in [0.3, 0.4) is 0 Å². The molecule has 132 valence electrons. The number of hydrogen-bond acceptors (Lipinski definition) is 4. The highest BCUT2D eigenvalue weighted by Gasteiger charge is 2.29. The fourth-order valence-corrected chi connectivity index (χ4v) is 4.47. The fourth-order valence-electron chi connectivity index (χ4n) is 2.92. The van der Waals surface area contributed by atoms with Crippen molar-refractivity contribution in [1.29, 1.82) is 0 Å². The number of fused-ring (bicyclic) bond motifs is 1. The van der Waals surface area contributed by atoms with Crippen molar-refractivity contribution in [2.75, 3.05) is 29.9 Å². The first-order valence-corrected chi connectivity index (χ1v) is 9.46. The first-order chi connectivity index (χ1) is 12.0. The molecule has 2 aromatic carbocycles. The molecule has 0 fully saturated rings. The van der Waals surface area contributed by atoms with E-state index in [2.05, 4.69) is 5.32 Å². The summed E-state index contributed by atoms with van der Waals surface area (Å²) in [7, 11) is -2.19. The molecule has 0 aromatic heterocycles. The maximum absolute atomic E-state index is 13.0. The summed E-state index contributed by atoms with van der Waals surface area (Å²) in [5.41, 5.74) is 2.12. The van der Waals surface area contributed by atoms with Crippen molar-refractivity contribution >= 4 is 27.3 Å². The van der Waals surface area contributed by atoms with E-state index >= 15 is 0 Å². The van der Waals surface area contributed by atoms with Gasteiger partial charge in [-0.2, -0.15) is 0 Å². The average Bonchev–Trinajstić information content (AvgIpc) is 2.62. The minimum absolute atomic E-state index is 0.0525. The second kappa shape index (κ2) is 7.25. The van der Waals surface area contributed by atoms with E-state index in [9.17, 15) is 13.2 Å². The first-order valence-electron chi connectivity index (χ1n) is 8.02. The van der Waals surface area contributed by atoms with Gasteiger partial charge in [0.15, 0.2) is 0 Å². The summed E-state index contributed by atoms with van der Waals surface area (Å²) in [6.45, 7) is 0.364. The number of nitrogens with zero attached hydrogens (tertiary/aromatic N) is 1. The summed E-state index contributed by atoms with van der Waals surface area (Å²) < 4.78 is 32.2. The smallest absolute Gasteiger partial charge is 0.264 e. The predicted octanol–water partition coefficient (Wildman–Crippen LogP) is 2.41. The van der Waals surface area contributed by atoms with Crippen LogP contribution in [0.1, 0.15) is 12.0 Å². The van der Waals surface area contributed by atoms with Gasteiger partial charge in [0.05, 0.1) is 10.6 Å². The van der Waals surface area contributed by atoms with Crippen molar-refractivity contribution in [3.63, 3.8) is 0 Å². The number of carbonyl (C=O) groups excluding carboxylic acids is 1. The minimum Gasteiger partial charge on any atom is -0.375 e. The van der Waals surface area contributed by atoms with Crippen LogP contribution in [-0.4, -0.2) is 34.6 Å². The molecule has 3 rings (SSSR count). The molecule has 1 aliphatic heterocycles. The number of rotatable bonds is 5. The van der Waals surface area contributed by atoms with Gasteiger partial charge in [0, 0.05) is 19.3 Å². The molecular weight excluding hydrogens is 340 g/mol. The SMILES string of the molecule is COCC(=O)Nc1ccc2c(c1)N(S(=O)(=O)c1ccccc1)CCC2. The highest BCUT2D eigenvalue weighted by atomic mass is 32.2. The Labute approximate surface area is 147 Å². The summed E-state index contributed by atoms with van der Waals surface area (Å²) in [5, 5.41) is 2.72. The molecule has 1 amide bonds. The van der Waals surface area contributed by atoms with E-state index in [0.717, 1.165) is 18.4 Å². The molecule has 25 heavy (non-hydrogen) atoms. The molecule has 0 radical (unpaired) electrons. The van der Waals surface area contributed by atoms with Gasteiger partial charge in [0.25, 0.3) is 10.0 Å². The molecule has 6 nitrogen and oxygen atoms in total. The molecule has 0 saturated heterocycles. The standard InChI is InChI=1S/C18H20N2O4S/c1-24-13-18(21)19-15-10-9-14-6-5-11-20(17(14)12-15)25(22,23)16-7-3-2-4-8-16/h2-4,7-10,12H,5-6,11,13H2,1H3,(H,19,21). The molecule has 0 aliphatic carbocycles. The summed E-state index contributed by atoms with van der Waals surface area (Å²) >= 11 is 0. The predicted molar refractivity (Wildman–Crippen MR) is 96.2 cm³/mol. The number of hydrogen-bond donors (Lipinski definition) is 1. The molecule has 1 aliphatic rings. The largest absolute Gasteiger partial charge is 0.375 e. The maximum atomic E-state index is 13.0. The molecule has 0 spiro atoms. The Bertz CT molecular complexity index is 866. The van der Waals surface area contributed by atoms with Crippen LogP contribution >= 0.6 is 0 Å². The number of methoxy groups -OCH3 is 1. The normalized spacial score (nSPS) is 14.0. The Kier molecular flexibility index (Phi) is 5.06. The molecule has 1 N–H and O–H groups in total. The van der Waals surface area contributed by atoms with Gasteiger partial charge < -0.3 is 10.1 Å². The van der Waals surface area contributed by atoms with E-state index in [-0.39, 0.29) is 17.4 Å². The molecule has 7 heteroatoms. The summed E-state index contributed by atoms with van der Waals surface area (Å²) in [5.74, 6) is -0.282. The molecule has 1 heterocycles. The lowest BCUT2D eigenvalue weighted by Gasteiger charge is -2.31. The number of carbonyl (C=O) groups is 1. The molecule has 0 saturated carbocycles. The van der Waals surface area contributed by atoms with Gasteiger partial charge in [0.2, 0.25) is 5.91 Å². The second-order valence-electron chi connectivity index (χ2n) is 5.82. The quantitative estimate of drug-likeness (QED) is 0.888. The van der Waals surface area contributed by atoms with Crippen LogP contribution in [0.2, 0.25) is 0 Å². The first kappa shape index (κ1) is 17.4. The number of aryl methyl sites for hydroxylation is 1. The van der Waals surface area contributed by atoms with E-state index in [0.29, 0.717) is 17.9 Å². The molecule has 0 bridgehead atoms. The molecule has 0 unspecified atom stereocenters. The minimum atomic E-state index is -3.63. The van der Waals surface area contributed by atoms with Crippen molar-refractivity contribution in [3.8, 4) is 0 Å². The van der Waals surface area contributed by atoms with Gasteiger partial charge in [-0.05, 0) is 42.7 Å². The summed E-state index contributed by atoms with van der Waals surface area (Å²) in [6, 6.07) is 13.7. The van der Waals surface area contributed by atoms with Crippen LogP contribution in [0, 0.1) is 0 Å². The molecular formula is C18H20N2O4S. The van der Waals surface area contributed by atoms with E-state index in [1.165, 1.54) is 11.4 Å². The Balaban J connectivity index is 1.96. The number of ether oxygens (including phenoxy) is 1. The van der Waals surface area contributed by atoms with Crippen LogP contribution in [0.15, 0.2) is 53.4 Å². The Morgan fingerprint density at radius 3 is 2.68 bits per heavy atom. The van der Waals surface area contributed by atoms with E-state index in [4.69, 9.17) is 4.74 Å². The third kappa shape index (κ3) is 3.67. The highest BCUT2D eigenvalue weighted by Crippen LogP contribution is 2.34. The number of amides is 1. The van der Waals surface area contributed by atoms with E-state index < -0.39 is 10.0 Å². The Morgan fingerprint density at radius 2 is 1.96 bits per heavy atom. The van der Waals surface area contributed by atoms with Crippen LogP contribution in [-0.2, 0) is 26.0 Å². The van der Waals surface area contributed by atoms with Crippen molar-refractivity contribution in [2.45, 2.75) is 17.7 Å². The van der Waals surface area contributed by atoms with Crippen molar-refractivity contribution < 1.29 is 17.9 Å². The number of nitrogens with one attached hydrogen (secondary N) is 1. The monoisotopic (exact) mass is 360 g/mol. The van der Waals surface area contributed by atoms with Crippen LogP contribution in [0.25, 0.3) is 0 Å². The van der Waals surface area contributed by atoms with Gasteiger partial charge in [-0.1, -0.05) is 24.3 Å². The van der Waals surface area contributed by atoms with Crippen molar-refractivity contribution in [1.82, 2.24) is 0 Å². The third-order valence-electron chi connectivity index (χ3n) is 4.05. The Morgan fingerprint density at radius 1 is 1.20 bits per heavy atom. The summed E-state index contributed by atoms with van der Waals surface area (Å²) in [6.07, 6.45) is 1.57. The van der Waals surface area contributed by atoms with Gasteiger partial charge in [-0.25, -0.2) is 8.42 Å². The second-order valence-corrected chi connectivity index (χ2v) is 7.68. The van der Waals surface area contributed by atoms with Crippen molar-refractivity contribution in [2.24, 2.45) is 0 Å². The lowest BCUT2D eigenvalue weighted by atomic mass is 10.0. The van der Waals surface area contributed by atoms with E-state index in [1.54, 1.807) is 42.5 Å². The van der Waals surface area contributed by atoms with Gasteiger partial charge in [0.1, 0.15) is 6.61 Å². The summed E-state index contributed by atoms with van der Waals surface area (Å²) in [4.78, 5) is 12.0. The zero-order valence-corrected chi connectivity index (χ0v) is 14.8. The lowest BCUT2D eigenvalue weighted by Crippen LogP contribution is -2.35. The topological polar surface area (TPSA) is 75.7 Å². The lowest BCUT2D eigenvalue weighted by molar-refractivity contribution is -0.119. The van der Waals surface area contributed by atoms with Gasteiger partial charge >= 0.3 is 0 Å². The average molecular weight is 360 g/mol. The number of benzene rings is 2. The number of sulfonamides is 1.